The predicted octanol–water partition coefficient (Wildman–Crippen LogP) is 2.24. The molecule has 0 unspecified atom stereocenters. The van der Waals surface area contributed by atoms with Crippen molar-refractivity contribution in [3.8, 4) is 0 Å². The van der Waals surface area contributed by atoms with Gasteiger partial charge < -0.3 is 4.42 Å². The van der Waals surface area contributed by atoms with Crippen LogP contribution in [0.2, 0.25) is 0 Å². The van der Waals surface area contributed by atoms with Gasteiger partial charge in [0.2, 0.25) is 0 Å². The number of hydrogen-bond acceptors (Lipinski definition) is 4. The topological polar surface area (TPSA) is 62.9 Å². The van der Waals surface area contributed by atoms with Crippen LogP contribution in [0.5, 0.6) is 0 Å². The molecule has 19 heavy (non-hydrogen) atoms. The molecular formula is C13H14N2O3S. The lowest BCUT2D eigenvalue weighted by Crippen LogP contribution is -2.21. The van der Waals surface area contributed by atoms with Crippen LogP contribution in [0.3, 0.4) is 0 Å². The molecule has 6 heteroatoms. The summed E-state index contributed by atoms with van der Waals surface area (Å²) in [6.45, 7) is 1.90. The van der Waals surface area contributed by atoms with Crippen molar-refractivity contribution in [2.75, 3.05) is 7.05 Å². The predicted molar refractivity (Wildman–Crippen MR) is 72.4 cm³/mol. The number of benzene rings is 1. The number of sulfonamides is 1. The molecule has 1 heterocycles. The minimum absolute atomic E-state index is 0.206. The van der Waals surface area contributed by atoms with Gasteiger partial charge in [-0.05, 0) is 31.2 Å². The molecule has 0 saturated carbocycles. The third-order valence-electron chi connectivity index (χ3n) is 2.56. The lowest BCUT2D eigenvalue weighted by Gasteiger charge is -2.13. The monoisotopic (exact) mass is 278 g/mol. The molecule has 2 rings (SSSR count). The average Bonchev–Trinajstić information content (AvgIpc) is 2.89. The number of hydrogen-bond donors (Lipinski definition) is 0. The minimum atomic E-state index is -3.62. The maximum atomic E-state index is 12.2. The fourth-order valence-corrected chi connectivity index (χ4v) is 2.38. The van der Waals surface area contributed by atoms with Crippen molar-refractivity contribution < 1.29 is 12.8 Å². The van der Waals surface area contributed by atoms with E-state index in [4.69, 9.17) is 4.42 Å². The Kier molecular flexibility index (Phi) is 3.71. The summed E-state index contributed by atoms with van der Waals surface area (Å²) < 4.78 is 30.3. The number of furan rings is 1. The summed E-state index contributed by atoms with van der Waals surface area (Å²) in [7, 11) is -2.23. The molecule has 0 N–H and O–H groups in total. The molecule has 2 aromatic rings. The Labute approximate surface area is 112 Å². The van der Waals surface area contributed by atoms with Crippen LogP contribution in [0.1, 0.15) is 11.3 Å². The van der Waals surface area contributed by atoms with Crippen molar-refractivity contribution in [3.05, 3.63) is 54.0 Å². The summed E-state index contributed by atoms with van der Waals surface area (Å²) in [4.78, 5) is 0.206. The van der Waals surface area contributed by atoms with Crippen LogP contribution in [-0.2, 0) is 10.0 Å². The molecular weight excluding hydrogens is 264 g/mol. The zero-order valence-electron chi connectivity index (χ0n) is 10.6. The van der Waals surface area contributed by atoms with E-state index in [1.807, 2.05) is 6.92 Å². The number of aryl methyl sites for hydroxylation is 1. The fourth-order valence-electron chi connectivity index (χ4n) is 1.43. The lowest BCUT2D eigenvalue weighted by molar-refractivity contribution is 0.488. The van der Waals surface area contributed by atoms with Crippen molar-refractivity contribution >= 4 is 16.2 Å². The van der Waals surface area contributed by atoms with Crippen LogP contribution < -0.4 is 0 Å². The third-order valence-corrected chi connectivity index (χ3v) is 4.22. The zero-order chi connectivity index (χ0) is 13.9. The Balaban J connectivity index is 2.22. The molecule has 0 bridgehead atoms. The normalized spacial score (nSPS) is 11.9. The van der Waals surface area contributed by atoms with E-state index in [2.05, 4.69) is 5.10 Å². The summed E-state index contributed by atoms with van der Waals surface area (Å²) in [5.41, 5.74) is 1.00. The lowest BCUT2D eigenvalue weighted by atomic mass is 10.2. The molecule has 0 fully saturated rings. The molecule has 1 aromatic carbocycles. The van der Waals surface area contributed by atoms with Gasteiger partial charge in [-0.3, -0.25) is 0 Å². The van der Waals surface area contributed by atoms with E-state index in [-0.39, 0.29) is 4.90 Å². The smallest absolute Gasteiger partial charge is 0.278 e. The van der Waals surface area contributed by atoms with Gasteiger partial charge in [-0.15, -0.1) is 0 Å². The van der Waals surface area contributed by atoms with Gasteiger partial charge in [0.1, 0.15) is 5.76 Å². The van der Waals surface area contributed by atoms with Gasteiger partial charge in [-0.2, -0.15) is 17.9 Å². The van der Waals surface area contributed by atoms with Crippen molar-refractivity contribution in [1.29, 1.82) is 0 Å². The van der Waals surface area contributed by atoms with E-state index in [9.17, 15) is 8.42 Å². The molecule has 0 spiro atoms. The Hall–Kier alpha value is -2.08. The number of hydrazone groups is 1. The maximum absolute atomic E-state index is 12.2. The first-order valence-corrected chi connectivity index (χ1v) is 7.07. The van der Waals surface area contributed by atoms with E-state index in [1.54, 1.807) is 36.4 Å². The second kappa shape index (κ2) is 5.27. The van der Waals surface area contributed by atoms with E-state index in [0.717, 1.165) is 9.98 Å². The van der Waals surface area contributed by atoms with Gasteiger partial charge in [0.25, 0.3) is 10.0 Å². The van der Waals surface area contributed by atoms with Gasteiger partial charge in [-0.1, -0.05) is 17.7 Å². The Morgan fingerprint density at radius 2 is 1.89 bits per heavy atom. The molecule has 100 valence electrons. The highest BCUT2D eigenvalue weighted by Crippen LogP contribution is 2.15. The van der Waals surface area contributed by atoms with Crippen molar-refractivity contribution in [3.63, 3.8) is 0 Å². The highest BCUT2D eigenvalue weighted by Gasteiger charge is 2.18. The van der Waals surface area contributed by atoms with E-state index >= 15 is 0 Å². The number of rotatable bonds is 4. The number of nitrogens with zero attached hydrogens (tertiary/aromatic N) is 2. The maximum Gasteiger partial charge on any atom is 0.278 e. The van der Waals surface area contributed by atoms with Crippen LogP contribution in [0.15, 0.2) is 57.1 Å². The molecule has 1 aromatic heterocycles. The van der Waals surface area contributed by atoms with Gasteiger partial charge >= 0.3 is 0 Å². The SMILES string of the molecule is Cc1ccc(S(=O)(=O)N(C)N=Cc2ccco2)cc1. The van der Waals surface area contributed by atoms with Crippen molar-refractivity contribution in [1.82, 2.24) is 4.41 Å². The summed E-state index contributed by atoms with van der Waals surface area (Å²) in [6.07, 6.45) is 2.85. The zero-order valence-corrected chi connectivity index (χ0v) is 11.5. The first-order valence-electron chi connectivity index (χ1n) is 5.63. The summed E-state index contributed by atoms with van der Waals surface area (Å²) >= 11 is 0. The molecule has 0 saturated heterocycles. The Bertz CT molecular complexity index is 658. The molecule has 0 aliphatic carbocycles. The highest BCUT2D eigenvalue weighted by molar-refractivity contribution is 7.89. The van der Waals surface area contributed by atoms with E-state index in [0.29, 0.717) is 5.76 Å². The van der Waals surface area contributed by atoms with Crippen LogP contribution in [0.25, 0.3) is 0 Å². The van der Waals surface area contributed by atoms with Crippen LogP contribution in [-0.4, -0.2) is 26.1 Å². The minimum Gasteiger partial charge on any atom is -0.463 e. The molecule has 0 amide bonds. The summed E-state index contributed by atoms with van der Waals surface area (Å²) in [5.74, 6) is 0.492. The Morgan fingerprint density at radius 1 is 1.21 bits per heavy atom. The van der Waals surface area contributed by atoms with Crippen LogP contribution in [0, 0.1) is 6.92 Å². The second-order valence-electron chi connectivity index (χ2n) is 4.01. The standard InChI is InChI=1S/C13H14N2O3S/c1-11-5-7-13(8-6-11)19(16,17)15(2)14-10-12-4-3-9-18-12/h3-10H,1-2H3. The highest BCUT2D eigenvalue weighted by atomic mass is 32.2. The summed E-state index contributed by atoms with van der Waals surface area (Å²) in [6, 6.07) is 10.0. The van der Waals surface area contributed by atoms with Gasteiger partial charge in [0.15, 0.2) is 0 Å². The van der Waals surface area contributed by atoms with Gasteiger partial charge in [0.05, 0.1) is 17.4 Å². The van der Waals surface area contributed by atoms with Crippen molar-refractivity contribution in [2.45, 2.75) is 11.8 Å². The molecule has 0 aliphatic rings. The molecule has 0 radical (unpaired) electrons. The molecule has 0 aliphatic heterocycles. The first-order chi connectivity index (χ1) is 9.00. The largest absolute Gasteiger partial charge is 0.463 e. The Morgan fingerprint density at radius 3 is 2.47 bits per heavy atom. The van der Waals surface area contributed by atoms with Crippen molar-refractivity contribution in [2.24, 2.45) is 5.10 Å². The van der Waals surface area contributed by atoms with Crippen LogP contribution in [0.4, 0.5) is 0 Å². The van der Waals surface area contributed by atoms with Crippen LogP contribution >= 0.6 is 0 Å². The molecule has 0 atom stereocenters. The summed E-state index contributed by atoms with van der Waals surface area (Å²) in [5, 5.41) is 3.86. The van der Waals surface area contributed by atoms with E-state index < -0.39 is 10.0 Å². The molecule has 5 nitrogen and oxygen atoms in total. The first kappa shape index (κ1) is 13.4. The second-order valence-corrected chi connectivity index (χ2v) is 5.96. The van der Waals surface area contributed by atoms with Gasteiger partial charge in [-0.25, -0.2) is 0 Å². The fraction of sp³-hybridized carbons (Fsp3) is 0.154. The van der Waals surface area contributed by atoms with Gasteiger partial charge in [0, 0.05) is 7.05 Å². The van der Waals surface area contributed by atoms with E-state index in [1.165, 1.54) is 19.5 Å². The average molecular weight is 278 g/mol. The quantitative estimate of drug-likeness (QED) is 0.636. The third kappa shape index (κ3) is 3.03.